The van der Waals surface area contributed by atoms with Crippen molar-refractivity contribution in [3.63, 3.8) is 0 Å². The Morgan fingerprint density at radius 1 is 1.00 bits per heavy atom. The standard InChI is InChI=1S/C34H48O8Si/c1-22(35)40-31-26-18-24(12-10-8-9-11-17-39-21-23-13-15-25(38-5)16-14-23)19-27(31)30-28(32(36)41-33(30)37)20-29(26)42-43(6,7)34(2,3)4/h13-16,19,26-27,29,31H,8-12,17-18,20-21H2,1-7H3/t26-,27+,29-,31+/m1/s1. The number of hydrogen-bond acceptors (Lipinski definition) is 8. The molecule has 4 atom stereocenters. The van der Waals surface area contributed by atoms with Gasteiger partial charge in [0.2, 0.25) is 0 Å². The van der Waals surface area contributed by atoms with Crippen LogP contribution in [0.3, 0.4) is 0 Å². The van der Waals surface area contributed by atoms with E-state index in [0.717, 1.165) is 43.4 Å². The molecule has 0 spiro atoms. The molecule has 1 aromatic carbocycles. The van der Waals surface area contributed by atoms with Gasteiger partial charge in [-0.25, -0.2) is 9.59 Å². The molecule has 2 bridgehead atoms. The summed E-state index contributed by atoms with van der Waals surface area (Å²) in [4.78, 5) is 38.0. The molecule has 3 aliphatic rings. The lowest BCUT2D eigenvalue weighted by molar-refractivity contribution is -0.158. The number of benzene rings is 1. The number of unbranched alkanes of at least 4 members (excludes halogenated alkanes) is 3. The highest BCUT2D eigenvalue weighted by molar-refractivity contribution is 6.74. The van der Waals surface area contributed by atoms with Gasteiger partial charge in [0.15, 0.2) is 8.32 Å². The zero-order valence-corrected chi connectivity index (χ0v) is 27.8. The molecule has 43 heavy (non-hydrogen) atoms. The van der Waals surface area contributed by atoms with Gasteiger partial charge in [-0.05, 0) is 61.5 Å². The fourth-order valence-corrected chi connectivity index (χ4v) is 7.42. The molecule has 0 N–H and O–H groups in total. The third-order valence-corrected chi connectivity index (χ3v) is 13.9. The molecule has 1 heterocycles. The third kappa shape index (κ3) is 8.05. The topological polar surface area (TPSA) is 97.4 Å². The number of hydrogen-bond donors (Lipinski definition) is 0. The number of methoxy groups -OCH3 is 1. The van der Waals surface area contributed by atoms with Gasteiger partial charge in [0.1, 0.15) is 11.9 Å². The van der Waals surface area contributed by atoms with E-state index < -0.39 is 38.2 Å². The molecule has 0 fully saturated rings. The van der Waals surface area contributed by atoms with E-state index in [9.17, 15) is 14.4 Å². The molecule has 0 saturated heterocycles. The van der Waals surface area contributed by atoms with E-state index in [4.69, 9.17) is 23.4 Å². The molecule has 2 aliphatic carbocycles. The van der Waals surface area contributed by atoms with E-state index in [1.807, 2.05) is 24.3 Å². The van der Waals surface area contributed by atoms with Gasteiger partial charge in [0.25, 0.3) is 0 Å². The molecule has 0 saturated carbocycles. The normalized spacial score (nSPS) is 23.8. The minimum atomic E-state index is -2.26. The number of carbonyl (C=O) groups excluding carboxylic acids is 3. The number of carbonyl (C=O) groups is 3. The van der Waals surface area contributed by atoms with Crippen LogP contribution in [-0.2, 0) is 39.6 Å². The Hall–Kier alpha value is -2.75. The predicted octanol–water partition coefficient (Wildman–Crippen LogP) is 6.83. The molecular weight excluding hydrogens is 564 g/mol. The van der Waals surface area contributed by atoms with E-state index in [1.165, 1.54) is 12.5 Å². The fourth-order valence-electron chi connectivity index (χ4n) is 6.05. The maximum Gasteiger partial charge on any atom is 0.343 e. The number of cyclic esters (lactones) is 2. The van der Waals surface area contributed by atoms with E-state index in [2.05, 4.69) is 39.9 Å². The molecule has 0 unspecified atom stereocenters. The predicted molar refractivity (Wildman–Crippen MR) is 166 cm³/mol. The quantitative estimate of drug-likeness (QED) is 0.0786. The van der Waals surface area contributed by atoms with Gasteiger partial charge in [-0.2, -0.15) is 0 Å². The summed E-state index contributed by atoms with van der Waals surface area (Å²) in [5, 5.41) is -0.0510. The van der Waals surface area contributed by atoms with Crippen LogP contribution in [0.25, 0.3) is 0 Å². The zero-order valence-electron chi connectivity index (χ0n) is 26.8. The highest BCUT2D eigenvalue weighted by atomic mass is 28.4. The first-order valence-electron chi connectivity index (χ1n) is 15.6. The Bertz CT molecular complexity index is 1240. The van der Waals surface area contributed by atoms with Crippen LogP contribution in [0.15, 0.2) is 47.1 Å². The maximum atomic E-state index is 12.9. The number of fused-ring (bicyclic) bond motifs is 3. The van der Waals surface area contributed by atoms with Gasteiger partial charge in [-0.3, -0.25) is 4.79 Å². The summed E-state index contributed by atoms with van der Waals surface area (Å²) in [5.41, 5.74) is 3.07. The molecule has 9 heteroatoms. The van der Waals surface area contributed by atoms with Crippen LogP contribution >= 0.6 is 0 Å². The van der Waals surface area contributed by atoms with Gasteiger partial charge in [-0.1, -0.05) is 57.4 Å². The third-order valence-electron chi connectivity index (χ3n) is 9.40. The van der Waals surface area contributed by atoms with Crippen molar-refractivity contribution >= 4 is 26.2 Å². The lowest BCUT2D eigenvalue weighted by atomic mass is 9.74. The molecule has 0 aromatic heterocycles. The molecule has 4 rings (SSSR count). The molecule has 8 nitrogen and oxygen atoms in total. The minimum absolute atomic E-state index is 0.0510. The van der Waals surface area contributed by atoms with Crippen LogP contribution < -0.4 is 4.74 Å². The van der Waals surface area contributed by atoms with Gasteiger partial charge in [0, 0.05) is 31.8 Å². The zero-order chi connectivity index (χ0) is 31.4. The van der Waals surface area contributed by atoms with Gasteiger partial charge < -0.3 is 23.4 Å². The molecule has 236 valence electrons. The average molecular weight is 613 g/mol. The molecule has 1 aromatic rings. The van der Waals surface area contributed by atoms with Crippen molar-refractivity contribution in [1.29, 1.82) is 0 Å². The Morgan fingerprint density at radius 3 is 2.35 bits per heavy atom. The lowest BCUT2D eigenvalue weighted by Gasteiger charge is -2.44. The minimum Gasteiger partial charge on any atom is -0.497 e. The van der Waals surface area contributed by atoms with Gasteiger partial charge >= 0.3 is 17.9 Å². The van der Waals surface area contributed by atoms with Crippen LogP contribution in [0.4, 0.5) is 0 Å². The van der Waals surface area contributed by atoms with Crippen molar-refractivity contribution in [1.82, 2.24) is 0 Å². The summed E-state index contributed by atoms with van der Waals surface area (Å²) in [7, 11) is -0.598. The van der Waals surface area contributed by atoms with Crippen molar-refractivity contribution in [2.45, 2.75) is 110 Å². The number of allylic oxidation sites excluding steroid dienone is 1. The van der Waals surface area contributed by atoms with Crippen LogP contribution in [0.1, 0.15) is 78.2 Å². The Morgan fingerprint density at radius 2 is 1.70 bits per heavy atom. The SMILES string of the molecule is COc1ccc(COCCCCCCC2=C[C@H]3C4=C(C[C@@H](O[Si](C)(C)C(C)(C)C)[C@@H](C2)[C@@H]3OC(C)=O)C(=O)OC4=O)cc1. The second-order valence-corrected chi connectivity index (χ2v) is 18.3. The summed E-state index contributed by atoms with van der Waals surface area (Å²) in [6.07, 6.45) is 7.13. The second-order valence-electron chi connectivity index (χ2n) is 13.5. The molecule has 0 amide bonds. The first-order valence-corrected chi connectivity index (χ1v) is 18.5. The Kier molecular flexibility index (Phi) is 10.7. The summed E-state index contributed by atoms with van der Waals surface area (Å²) < 4.78 is 29.0. The van der Waals surface area contributed by atoms with Crippen LogP contribution in [0.2, 0.25) is 18.1 Å². The van der Waals surface area contributed by atoms with E-state index in [-0.39, 0.29) is 17.1 Å². The van der Waals surface area contributed by atoms with E-state index >= 15 is 0 Å². The first kappa shape index (κ1) is 33.1. The summed E-state index contributed by atoms with van der Waals surface area (Å²) in [6, 6.07) is 7.91. The van der Waals surface area contributed by atoms with E-state index in [1.54, 1.807) is 7.11 Å². The summed E-state index contributed by atoms with van der Waals surface area (Å²) in [5.74, 6) is -1.45. The lowest BCUT2D eigenvalue weighted by Crippen LogP contribution is -2.50. The fraction of sp³-hybridized carbons (Fsp3) is 0.618. The van der Waals surface area contributed by atoms with Gasteiger partial charge in [-0.15, -0.1) is 0 Å². The summed E-state index contributed by atoms with van der Waals surface area (Å²) >= 11 is 0. The maximum absolute atomic E-state index is 12.9. The molecular formula is C34H48O8Si. The van der Waals surface area contributed by atoms with Crippen molar-refractivity contribution < 1.29 is 37.8 Å². The Labute approximate surface area is 257 Å². The summed E-state index contributed by atoms with van der Waals surface area (Å²) in [6.45, 7) is 13.6. The van der Waals surface area contributed by atoms with Crippen LogP contribution in [-0.4, -0.2) is 52.1 Å². The smallest absolute Gasteiger partial charge is 0.343 e. The highest BCUT2D eigenvalue weighted by Crippen LogP contribution is 2.49. The number of esters is 3. The van der Waals surface area contributed by atoms with Crippen molar-refractivity contribution in [3.8, 4) is 5.75 Å². The number of rotatable bonds is 13. The number of ether oxygens (including phenoxy) is 4. The van der Waals surface area contributed by atoms with Crippen molar-refractivity contribution in [2.75, 3.05) is 13.7 Å². The molecule has 1 aliphatic heterocycles. The van der Waals surface area contributed by atoms with Crippen molar-refractivity contribution in [2.24, 2.45) is 11.8 Å². The van der Waals surface area contributed by atoms with Gasteiger partial charge in [0.05, 0.1) is 31.0 Å². The average Bonchev–Trinajstić information content (AvgIpc) is 3.18. The van der Waals surface area contributed by atoms with Crippen LogP contribution in [0.5, 0.6) is 5.75 Å². The van der Waals surface area contributed by atoms with Crippen molar-refractivity contribution in [3.05, 3.63) is 52.6 Å². The van der Waals surface area contributed by atoms with E-state index in [0.29, 0.717) is 37.2 Å². The Balaban J connectivity index is 1.41. The molecule has 0 radical (unpaired) electrons. The monoisotopic (exact) mass is 612 g/mol. The van der Waals surface area contributed by atoms with Crippen LogP contribution in [0, 0.1) is 11.8 Å². The second kappa shape index (κ2) is 13.9. The largest absolute Gasteiger partial charge is 0.497 e. The first-order chi connectivity index (χ1) is 20.3. The highest BCUT2D eigenvalue weighted by Gasteiger charge is 2.53.